The number of aromatic nitrogens is 1. The van der Waals surface area contributed by atoms with Gasteiger partial charge in [-0.3, -0.25) is 9.78 Å². The fraction of sp³-hybridized carbons (Fsp3) is 0.400. The molecule has 0 saturated carbocycles. The molecule has 1 aromatic heterocycles. The van der Waals surface area contributed by atoms with E-state index in [9.17, 15) is 13.2 Å². The summed E-state index contributed by atoms with van der Waals surface area (Å²) in [6, 6.07) is 13.2. The second-order valence-corrected chi connectivity index (χ2v) is 9.42. The van der Waals surface area contributed by atoms with Crippen LogP contribution in [-0.2, 0) is 16.4 Å². The molecule has 1 aliphatic rings. The minimum Gasteiger partial charge on any atom is -0.381 e. The number of nitrogens with zero attached hydrogens (tertiary/aromatic N) is 2. The lowest BCUT2D eigenvalue weighted by Gasteiger charge is -2.27. The molecule has 0 spiro atoms. The Kier molecular flexibility index (Phi) is 5.79. The number of rotatable bonds is 6. The highest BCUT2D eigenvalue weighted by Gasteiger charge is 2.28. The number of sulfone groups is 1. The highest BCUT2D eigenvalue weighted by molar-refractivity contribution is 7.91. The van der Waals surface area contributed by atoms with Crippen molar-refractivity contribution >= 4 is 21.4 Å². The zero-order valence-electron chi connectivity index (χ0n) is 15.6. The third-order valence-corrected chi connectivity index (χ3v) is 6.43. The maximum atomic E-state index is 13.0. The monoisotopic (exact) mass is 387 g/mol. The number of nitrogens with one attached hydrogen (secondary N) is 1. The van der Waals surface area contributed by atoms with Gasteiger partial charge in [0, 0.05) is 30.5 Å². The molecule has 1 aromatic carbocycles. The maximum absolute atomic E-state index is 13.0. The van der Waals surface area contributed by atoms with E-state index >= 15 is 0 Å². The Morgan fingerprint density at radius 2 is 2.00 bits per heavy atom. The lowest BCUT2D eigenvalue weighted by molar-refractivity contribution is 0.0684. The largest absolute Gasteiger partial charge is 0.381 e. The molecule has 144 valence electrons. The molecule has 7 heteroatoms. The molecule has 1 aliphatic heterocycles. The first-order valence-corrected chi connectivity index (χ1v) is 10.9. The van der Waals surface area contributed by atoms with Crippen LogP contribution < -0.4 is 5.32 Å². The van der Waals surface area contributed by atoms with E-state index in [-0.39, 0.29) is 29.5 Å². The zero-order chi connectivity index (χ0) is 19.4. The molecular formula is C20H25N3O3S. The van der Waals surface area contributed by atoms with Gasteiger partial charge in [0.15, 0.2) is 9.84 Å². The van der Waals surface area contributed by atoms with Gasteiger partial charge in [-0.15, -0.1) is 0 Å². The number of carbonyl (C=O) groups excluding carboxylic acids is 1. The van der Waals surface area contributed by atoms with E-state index in [1.165, 1.54) is 0 Å². The van der Waals surface area contributed by atoms with Gasteiger partial charge in [-0.05, 0) is 38.0 Å². The first-order chi connectivity index (χ1) is 12.8. The predicted octanol–water partition coefficient (Wildman–Crippen LogP) is 2.73. The lowest BCUT2D eigenvalue weighted by atomic mass is 10.1. The number of hydrogen-bond acceptors (Lipinski definition) is 5. The van der Waals surface area contributed by atoms with Crippen LogP contribution in [0.5, 0.6) is 0 Å². The van der Waals surface area contributed by atoms with Crippen LogP contribution in [0.15, 0.2) is 48.7 Å². The summed E-state index contributed by atoms with van der Waals surface area (Å²) in [6.45, 7) is 4.47. The van der Waals surface area contributed by atoms with Gasteiger partial charge in [0.05, 0.1) is 11.5 Å². The van der Waals surface area contributed by atoms with E-state index in [1.807, 2.05) is 44.2 Å². The van der Waals surface area contributed by atoms with Crippen molar-refractivity contribution in [2.24, 2.45) is 0 Å². The van der Waals surface area contributed by atoms with E-state index < -0.39 is 9.84 Å². The molecule has 0 aliphatic carbocycles. The summed E-state index contributed by atoms with van der Waals surface area (Å²) >= 11 is 0. The van der Waals surface area contributed by atoms with Crippen molar-refractivity contribution in [2.75, 3.05) is 16.8 Å². The number of carbonyl (C=O) groups is 1. The van der Waals surface area contributed by atoms with Gasteiger partial charge in [0.1, 0.15) is 5.69 Å². The molecule has 3 rings (SSSR count). The Hall–Kier alpha value is -2.41. The van der Waals surface area contributed by atoms with Crippen LogP contribution in [0.2, 0.25) is 0 Å². The number of hydrogen-bond donors (Lipinski definition) is 1. The summed E-state index contributed by atoms with van der Waals surface area (Å²) < 4.78 is 23.3. The molecule has 1 atom stereocenters. The van der Waals surface area contributed by atoms with Crippen LogP contribution >= 0.6 is 0 Å². The minimum absolute atomic E-state index is 0.0242. The summed E-state index contributed by atoms with van der Waals surface area (Å²) in [7, 11) is -2.95. The average molecular weight is 388 g/mol. The van der Waals surface area contributed by atoms with Crippen molar-refractivity contribution in [3.63, 3.8) is 0 Å². The van der Waals surface area contributed by atoms with E-state index in [0.29, 0.717) is 18.7 Å². The van der Waals surface area contributed by atoms with Gasteiger partial charge in [-0.1, -0.05) is 30.3 Å². The molecule has 27 heavy (non-hydrogen) atoms. The summed E-state index contributed by atoms with van der Waals surface area (Å²) in [4.78, 5) is 19.0. The van der Waals surface area contributed by atoms with Crippen LogP contribution in [0.25, 0.3) is 0 Å². The normalized spacial score (nSPS) is 18.4. The summed E-state index contributed by atoms with van der Waals surface area (Å²) in [5.74, 6) is 0.196. The van der Waals surface area contributed by atoms with Gasteiger partial charge < -0.3 is 10.2 Å². The Morgan fingerprint density at radius 3 is 2.63 bits per heavy atom. The molecule has 0 radical (unpaired) electrons. The number of pyridine rings is 1. The van der Waals surface area contributed by atoms with Crippen LogP contribution in [0.3, 0.4) is 0 Å². The van der Waals surface area contributed by atoms with Gasteiger partial charge in [-0.2, -0.15) is 0 Å². The molecule has 2 aromatic rings. The fourth-order valence-electron chi connectivity index (χ4n) is 3.20. The van der Waals surface area contributed by atoms with Crippen molar-refractivity contribution in [3.8, 4) is 0 Å². The average Bonchev–Trinajstić information content (AvgIpc) is 2.98. The number of anilines is 1. The van der Waals surface area contributed by atoms with Crippen molar-refractivity contribution in [1.29, 1.82) is 0 Å². The summed E-state index contributed by atoms with van der Waals surface area (Å²) in [5, 5.41) is 3.22. The number of benzene rings is 1. The van der Waals surface area contributed by atoms with Gasteiger partial charge in [0.25, 0.3) is 5.91 Å². The van der Waals surface area contributed by atoms with Gasteiger partial charge in [-0.25, -0.2) is 8.42 Å². The molecule has 1 N–H and O–H groups in total. The fourth-order valence-corrected chi connectivity index (χ4v) is 4.87. The lowest BCUT2D eigenvalue weighted by Crippen LogP contribution is -2.37. The highest BCUT2D eigenvalue weighted by atomic mass is 32.2. The zero-order valence-corrected chi connectivity index (χ0v) is 16.4. The van der Waals surface area contributed by atoms with Gasteiger partial charge >= 0.3 is 0 Å². The second kappa shape index (κ2) is 8.08. The topological polar surface area (TPSA) is 79.4 Å². The smallest absolute Gasteiger partial charge is 0.273 e. The predicted molar refractivity (Wildman–Crippen MR) is 106 cm³/mol. The Labute approximate surface area is 160 Å². The third-order valence-electron chi connectivity index (χ3n) is 4.66. The Balaban J connectivity index is 1.75. The van der Waals surface area contributed by atoms with Crippen molar-refractivity contribution in [1.82, 2.24) is 9.88 Å². The number of amides is 1. The molecule has 6 nitrogen and oxygen atoms in total. The molecule has 1 fully saturated rings. The molecule has 2 heterocycles. The third kappa shape index (κ3) is 5.07. The van der Waals surface area contributed by atoms with Crippen molar-refractivity contribution in [3.05, 3.63) is 59.9 Å². The quantitative estimate of drug-likeness (QED) is 0.824. The molecule has 0 bridgehead atoms. The van der Waals surface area contributed by atoms with Crippen LogP contribution in [0.1, 0.15) is 36.3 Å². The molecule has 1 unspecified atom stereocenters. The molecule has 1 saturated heterocycles. The van der Waals surface area contributed by atoms with Crippen molar-refractivity contribution in [2.45, 2.75) is 38.9 Å². The van der Waals surface area contributed by atoms with E-state index in [4.69, 9.17) is 0 Å². The van der Waals surface area contributed by atoms with Crippen LogP contribution in [0.4, 0.5) is 5.69 Å². The standard InChI is InChI=1S/C20H25N3O3S/c1-15(2)23(13-16-6-4-3-5-7-16)20(24)19-12-17(8-10-21-19)22-18-9-11-27(25,26)14-18/h3-8,10,12,15,18H,9,11,13-14H2,1-2H3,(H,21,22). The molecule has 1 amide bonds. The first-order valence-electron chi connectivity index (χ1n) is 9.12. The van der Waals surface area contributed by atoms with Gasteiger partial charge in [0.2, 0.25) is 0 Å². The van der Waals surface area contributed by atoms with Crippen LogP contribution in [-0.4, -0.2) is 47.8 Å². The molecular weight excluding hydrogens is 362 g/mol. The summed E-state index contributed by atoms with van der Waals surface area (Å²) in [6.07, 6.45) is 2.17. The Bertz CT molecular complexity index is 898. The Morgan fingerprint density at radius 1 is 1.26 bits per heavy atom. The van der Waals surface area contributed by atoms with E-state index in [1.54, 1.807) is 23.2 Å². The van der Waals surface area contributed by atoms with Crippen molar-refractivity contribution < 1.29 is 13.2 Å². The SMILES string of the molecule is CC(C)N(Cc1ccccc1)C(=O)c1cc(NC2CCS(=O)(=O)C2)ccn1. The second-order valence-electron chi connectivity index (χ2n) is 7.19. The highest BCUT2D eigenvalue weighted by Crippen LogP contribution is 2.19. The van der Waals surface area contributed by atoms with E-state index in [0.717, 1.165) is 11.3 Å². The minimum atomic E-state index is -2.95. The summed E-state index contributed by atoms with van der Waals surface area (Å²) in [5.41, 5.74) is 2.13. The first kappa shape index (κ1) is 19.4. The van der Waals surface area contributed by atoms with E-state index in [2.05, 4.69) is 10.3 Å². The maximum Gasteiger partial charge on any atom is 0.273 e. The van der Waals surface area contributed by atoms with Crippen LogP contribution in [0, 0.1) is 0 Å².